The fourth-order valence-corrected chi connectivity index (χ4v) is 4.01. The average Bonchev–Trinajstić information content (AvgIpc) is 2.78. The fourth-order valence-electron chi connectivity index (χ4n) is 3.60. The minimum atomic E-state index is -0.175. The highest BCUT2D eigenvalue weighted by molar-refractivity contribution is 9.10. The van der Waals surface area contributed by atoms with E-state index in [1.54, 1.807) is 12.1 Å². The predicted octanol–water partition coefficient (Wildman–Crippen LogP) is 3.50. The third kappa shape index (κ3) is 2.15. The first kappa shape index (κ1) is 11.7. The highest BCUT2D eigenvalue weighted by Crippen LogP contribution is 2.58. The normalized spacial score (nSPS) is 32.3. The van der Waals surface area contributed by atoms with E-state index >= 15 is 0 Å². The van der Waals surface area contributed by atoms with E-state index in [0.29, 0.717) is 5.92 Å². The van der Waals surface area contributed by atoms with E-state index in [1.165, 1.54) is 25.3 Å². The van der Waals surface area contributed by atoms with Crippen LogP contribution in [0.2, 0.25) is 0 Å². The predicted molar refractivity (Wildman–Crippen MR) is 70.1 cm³/mol. The highest BCUT2D eigenvalue weighted by Gasteiger charge is 2.54. The lowest BCUT2D eigenvalue weighted by Crippen LogP contribution is -2.27. The van der Waals surface area contributed by atoms with Gasteiger partial charge in [0.15, 0.2) is 0 Å². The molecule has 2 aliphatic rings. The van der Waals surface area contributed by atoms with Crippen LogP contribution in [-0.4, -0.2) is 6.04 Å². The van der Waals surface area contributed by atoms with Crippen LogP contribution in [-0.2, 0) is 6.42 Å². The summed E-state index contributed by atoms with van der Waals surface area (Å²) in [7, 11) is 0. The summed E-state index contributed by atoms with van der Waals surface area (Å²) in [5.41, 5.74) is 7.28. The summed E-state index contributed by atoms with van der Waals surface area (Å²) in [5.74, 6) is 2.26. The van der Waals surface area contributed by atoms with Crippen LogP contribution in [0.3, 0.4) is 0 Å². The van der Waals surface area contributed by atoms with Gasteiger partial charge in [-0.25, -0.2) is 4.39 Å². The molecule has 2 N–H and O–H groups in total. The summed E-state index contributed by atoms with van der Waals surface area (Å²) >= 11 is 3.47. The maximum Gasteiger partial charge on any atom is 0.123 e. The lowest BCUT2D eigenvalue weighted by atomic mass is 9.98. The van der Waals surface area contributed by atoms with Gasteiger partial charge in [0.05, 0.1) is 0 Å². The summed E-state index contributed by atoms with van der Waals surface area (Å²) in [4.78, 5) is 0. The zero-order chi connectivity index (χ0) is 12.0. The second-order valence-corrected chi connectivity index (χ2v) is 6.29. The molecule has 3 unspecified atom stereocenters. The van der Waals surface area contributed by atoms with Crippen molar-refractivity contribution in [3.05, 3.63) is 34.1 Å². The Balaban J connectivity index is 1.68. The van der Waals surface area contributed by atoms with E-state index in [9.17, 15) is 4.39 Å². The summed E-state index contributed by atoms with van der Waals surface area (Å²) < 4.78 is 14.2. The first-order chi connectivity index (χ1) is 8.16. The zero-order valence-electron chi connectivity index (χ0n) is 9.70. The van der Waals surface area contributed by atoms with Crippen molar-refractivity contribution in [1.82, 2.24) is 0 Å². The van der Waals surface area contributed by atoms with E-state index < -0.39 is 0 Å². The highest BCUT2D eigenvalue weighted by atomic mass is 79.9. The first-order valence-electron chi connectivity index (χ1n) is 6.36. The van der Waals surface area contributed by atoms with Crippen LogP contribution < -0.4 is 5.73 Å². The average molecular weight is 298 g/mol. The molecule has 3 heteroatoms. The number of hydrogen-bond acceptors (Lipinski definition) is 1. The van der Waals surface area contributed by atoms with Crippen molar-refractivity contribution in [3.63, 3.8) is 0 Å². The minimum absolute atomic E-state index is 0.175. The molecule has 0 radical (unpaired) electrons. The number of halogens is 2. The molecule has 0 spiro atoms. The molecule has 0 aromatic heterocycles. The molecule has 3 atom stereocenters. The van der Waals surface area contributed by atoms with Crippen molar-refractivity contribution in [1.29, 1.82) is 0 Å². The van der Waals surface area contributed by atoms with Crippen molar-refractivity contribution in [2.75, 3.05) is 0 Å². The van der Waals surface area contributed by atoms with Gasteiger partial charge >= 0.3 is 0 Å². The van der Waals surface area contributed by atoms with E-state index in [2.05, 4.69) is 15.9 Å². The molecule has 1 aromatic carbocycles. The number of fused-ring (bicyclic) bond motifs is 1. The number of hydrogen-bond donors (Lipinski definition) is 1. The summed E-state index contributed by atoms with van der Waals surface area (Å²) in [5, 5.41) is 0. The first-order valence-corrected chi connectivity index (χ1v) is 7.15. The molecule has 0 bridgehead atoms. The van der Waals surface area contributed by atoms with Gasteiger partial charge in [-0.05, 0) is 60.8 Å². The topological polar surface area (TPSA) is 26.0 Å². The maximum atomic E-state index is 13.2. The second-order valence-electron chi connectivity index (χ2n) is 5.44. The van der Waals surface area contributed by atoms with Crippen molar-refractivity contribution in [2.24, 2.45) is 23.5 Å². The van der Waals surface area contributed by atoms with Crippen LogP contribution >= 0.6 is 15.9 Å². The van der Waals surface area contributed by atoms with E-state index in [4.69, 9.17) is 5.73 Å². The molecule has 3 rings (SSSR count). The van der Waals surface area contributed by atoms with Gasteiger partial charge in [-0.2, -0.15) is 0 Å². The lowest BCUT2D eigenvalue weighted by molar-refractivity contribution is 0.482. The monoisotopic (exact) mass is 297 g/mol. The maximum absolute atomic E-state index is 13.2. The lowest BCUT2D eigenvalue weighted by Gasteiger charge is -2.14. The molecule has 92 valence electrons. The van der Waals surface area contributed by atoms with Crippen LogP contribution in [0, 0.1) is 23.6 Å². The molecule has 0 saturated heterocycles. The molecule has 0 amide bonds. The SMILES string of the molecule is NC(Cc1cc(F)ccc1Br)C1C2CCCC21. The van der Waals surface area contributed by atoms with Gasteiger partial charge in [0.1, 0.15) is 5.82 Å². The second kappa shape index (κ2) is 4.36. The molecule has 1 nitrogen and oxygen atoms in total. The van der Waals surface area contributed by atoms with E-state index in [-0.39, 0.29) is 11.9 Å². The van der Waals surface area contributed by atoms with E-state index in [0.717, 1.165) is 28.3 Å². The summed E-state index contributed by atoms with van der Waals surface area (Å²) in [6, 6.07) is 5.04. The van der Waals surface area contributed by atoms with Crippen LogP contribution in [0.1, 0.15) is 24.8 Å². The third-order valence-electron chi connectivity index (χ3n) is 4.43. The Morgan fingerprint density at radius 2 is 2.06 bits per heavy atom. The Morgan fingerprint density at radius 3 is 2.76 bits per heavy atom. The van der Waals surface area contributed by atoms with Crippen LogP contribution in [0.15, 0.2) is 22.7 Å². The molecular weight excluding hydrogens is 281 g/mol. The minimum Gasteiger partial charge on any atom is -0.327 e. The molecule has 2 saturated carbocycles. The van der Waals surface area contributed by atoms with Gasteiger partial charge in [-0.1, -0.05) is 22.4 Å². The Kier molecular flexibility index (Phi) is 2.99. The molecule has 0 aliphatic heterocycles. The zero-order valence-corrected chi connectivity index (χ0v) is 11.3. The van der Waals surface area contributed by atoms with Gasteiger partial charge in [-0.15, -0.1) is 0 Å². The molecule has 1 aromatic rings. The van der Waals surface area contributed by atoms with Crippen molar-refractivity contribution >= 4 is 15.9 Å². The molecule has 2 fully saturated rings. The number of benzene rings is 1. The largest absolute Gasteiger partial charge is 0.327 e. The Labute approximate surface area is 110 Å². The summed E-state index contributed by atoms with van der Waals surface area (Å²) in [6.45, 7) is 0. The molecule has 17 heavy (non-hydrogen) atoms. The molecule has 2 aliphatic carbocycles. The quantitative estimate of drug-likeness (QED) is 0.908. The molecular formula is C14H17BrFN. The smallest absolute Gasteiger partial charge is 0.123 e. The van der Waals surface area contributed by atoms with Crippen molar-refractivity contribution < 1.29 is 4.39 Å². The summed E-state index contributed by atoms with van der Waals surface area (Å²) in [6.07, 6.45) is 4.87. The standard InChI is InChI=1S/C14H17BrFN/c15-12-5-4-9(16)6-8(12)7-13(17)14-10-2-1-3-11(10)14/h4-6,10-11,13-14H,1-3,7,17H2. The number of nitrogens with two attached hydrogens (primary N) is 1. The van der Waals surface area contributed by atoms with Gasteiger partial charge in [0, 0.05) is 10.5 Å². The number of rotatable bonds is 3. The Morgan fingerprint density at radius 1 is 1.35 bits per heavy atom. The fraction of sp³-hybridized carbons (Fsp3) is 0.571. The van der Waals surface area contributed by atoms with Crippen molar-refractivity contribution in [3.8, 4) is 0 Å². The molecule has 0 heterocycles. The van der Waals surface area contributed by atoms with Gasteiger partial charge in [0.2, 0.25) is 0 Å². The van der Waals surface area contributed by atoms with Crippen LogP contribution in [0.4, 0.5) is 4.39 Å². The Hall–Kier alpha value is -0.410. The van der Waals surface area contributed by atoms with Crippen LogP contribution in [0.5, 0.6) is 0 Å². The Bertz CT molecular complexity index is 424. The van der Waals surface area contributed by atoms with Gasteiger partial charge < -0.3 is 5.73 Å². The third-order valence-corrected chi connectivity index (χ3v) is 5.20. The van der Waals surface area contributed by atoms with Gasteiger partial charge in [-0.3, -0.25) is 0 Å². The van der Waals surface area contributed by atoms with Crippen molar-refractivity contribution in [2.45, 2.75) is 31.7 Å². The van der Waals surface area contributed by atoms with E-state index in [1.807, 2.05) is 0 Å². The van der Waals surface area contributed by atoms with Gasteiger partial charge in [0.25, 0.3) is 0 Å². The van der Waals surface area contributed by atoms with Crippen LogP contribution in [0.25, 0.3) is 0 Å².